The first-order valence-corrected chi connectivity index (χ1v) is 18.4. The fraction of sp³-hybridized carbons (Fsp3) is 0.417. The Morgan fingerprint density at radius 1 is 0.700 bits per heavy atom. The molecule has 0 aliphatic carbocycles. The van der Waals surface area contributed by atoms with Gasteiger partial charge in [-0.05, 0) is 54.7 Å². The third-order valence-electron chi connectivity index (χ3n) is 5.68. The van der Waals surface area contributed by atoms with Crippen molar-refractivity contribution in [1.82, 2.24) is 0 Å². The fourth-order valence-corrected chi connectivity index (χ4v) is 22.2. The van der Waals surface area contributed by atoms with Gasteiger partial charge in [-0.15, -0.1) is 0 Å². The summed E-state index contributed by atoms with van der Waals surface area (Å²) in [5.74, 6) is 0. The normalized spacial score (nSPS) is 24.6. The summed E-state index contributed by atoms with van der Waals surface area (Å²) in [7, 11) is -7.26. The minimum Gasteiger partial charge on any atom is -0.416 e. The Bertz CT molecular complexity index is 931. The molecule has 0 aromatic heterocycles. The molecule has 0 radical (unpaired) electrons. The third-order valence-corrected chi connectivity index (χ3v) is 18.6. The molecular formula is C24H34O3Si3. The third kappa shape index (κ3) is 4.09. The average Bonchev–Trinajstić information content (AvgIpc) is 2.62. The van der Waals surface area contributed by atoms with Gasteiger partial charge < -0.3 is 12.3 Å². The minimum atomic E-state index is -2.68. The highest BCUT2D eigenvalue weighted by molar-refractivity contribution is 7.06. The Labute approximate surface area is 184 Å². The Balaban J connectivity index is 1.97. The number of hydrogen-bond acceptors (Lipinski definition) is 3. The fourth-order valence-electron chi connectivity index (χ4n) is 5.05. The standard InChI is InChI=1S/C24H34O3Si3/c1-24(2,3)18-21-22(19-14-10-8-11-15-19)23(20-16-12-9-13-17-20)30(21)26-28(4,5)25-29(6,7)27-30/h8-17,21H,18H2,1-7H3. The van der Waals surface area contributed by atoms with Crippen LogP contribution in [0.3, 0.4) is 0 Å². The molecule has 0 bridgehead atoms. The molecule has 2 heterocycles. The van der Waals surface area contributed by atoms with Crippen molar-refractivity contribution in [3.05, 3.63) is 71.8 Å². The summed E-state index contributed by atoms with van der Waals surface area (Å²) < 4.78 is 20.5. The quantitative estimate of drug-likeness (QED) is 0.474. The van der Waals surface area contributed by atoms with E-state index in [0.29, 0.717) is 5.54 Å². The lowest BCUT2D eigenvalue weighted by atomic mass is 9.85. The van der Waals surface area contributed by atoms with Crippen LogP contribution in [0.25, 0.3) is 10.8 Å². The molecule has 2 aliphatic heterocycles. The van der Waals surface area contributed by atoms with Gasteiger partial charge in [0, 0.05) is 10.7 Å². The summed E-state index contributed by atoms with van der Waals surface area (Å²) in [6.07, 6.45) is 1.05. The largest absolute Gasteiger partial charge is 0.416 e. The van der Waals surface area contributed by atoms with Crippen LogP contribution >= 0.6 is 0 Å². The molecule has 0 N–H and O–H groups in total. The molecule has 4 rings (SSSR count). The highest BCUT2D eigenvalue weighted by Gasteiger charge is 2.68. The van der Waals surface area contributed by atoms with Crippen LogP contribution in [-0.4, -0.2) is 25.7 Å². The average molecular weight is 455 g/mol. The van der Waals surface area contributed by atoms with Crippen LogP contribution in [0.15, 0.2) is 60.7 Å². The number of rotatable bonds is 3. The summed E-state index contributed by atoms with van der Waals surface area (Å²) in [6.45, 7) is 15.7. The molecular weight excluding hydrogens is 421 g/mol. The minimum absolute atomic E-state index is 0.176. The molecule has 2 aromatic carbocycles. The van der Waals surface area contributed by atoms with Crippen molar-refractivity contribution in [2.45, 2.75) is 58.9 Å². The topological polar surface area (TPSA) is 27.7 Å². The van der Waals surface area contributed by atoms with Crippen LogP contribution in [0.2, 0.25) is 31.7 Å². The molecule has 0 amide bonds. The van der Waals surface area contributed by atoms with Crippen molar-refractivity contribution in [1.29, 1.82) is 0 Å². The first-order valence-electron chi connectivity index (χ1n) is 10.9. The van der Waals surface area contributed by atoms with Crippen LogP contribution < -0.4 is 0 Å². The Morgan fingerprint density at radius 2 is 1.17 bits per heavy atom. The Hall–Kier alpha value is -1.29. The molecule has 1 atom stereocenters. The van der Waals surface area contributed by atoms with Gasteiger partial charge in [-0.2, -0.15) is 0 Å². The van der Waals surface area contributed by atoms with E-state index in [2.05, 4.69) is 108 Å². The number of allylic oxidation sites excluding steroid dienone is 1. The predicted molar refractivity (Wildman–Crippen MR) is 131 cm³/mol. The summed E-state index contributed by atoms with van der Waals surface area (Å²) in [4.78, 5) is 0. The SMILES string of the molecule is CC(C)(C)CC1C(c2ccccc2)=C(c2ccccc2)[Si]12O[Si](C)(C)O[Si](C)(C)O2. The van der Waals surface area contributed by atoms with Crippen molar-refractivity contribution in [3.8, 4) is 0 Å². The molecule has 30 heavy (non-hydrogen) atoms. The molecule has 2 aromatic rings. The molecule has 3 nitrogen and oxygen atoms in total. The molecule has 1 spiro atoms. The second-order valence-corrected chi connectivity index (χ2v) is 21.2. The molecule has 1 saturated heterocycles. The van der Waals surface area contributed by atoms with Gasteiger partial charge in [0.25, 0.3) is 0 Å². The van der Waals surface area contributed by atoms with Crippen molar-refractivity contribution in [3.63, 3.8) is 0 Å². The first kappa shape index (κ1) is 21.9. The van der Waals surface area contributed by atoms with Gasteiger partial charge in [0.15, 0.2) is 0 Å². The van der Waals surface area contributed by atoms with Crippen LogP contribution in [0.4, 0.5) is 0 Å². The lowest BCUT2D eigenvalue weighted by molar-refractivity contribution is 0.222. The van der Waals surface area contributed by atoms with E-state index in [4.69, 9.17) is 12.3 Å². The summed E-state index contributed by atoms with van der Waals surface area (Å²) in [6, 6.07) is 21.6. The zero-order valence-corrected chi connectivity index (χ0v) is 22.3. The van der Waals surface area contributed by atoms with E-state index in [1.165, 1.54) is 21.9 Å². The van der Waals surface area contributed by atoms with Gasteiger partial charge in [-0.1, -0.05) is 81.4 Å². The van der Waals surface area contributed by atoms with E-state index < -0.39 is 25.7 Å². The van der Waals surface area contributed by atoms with E-state index in [0.717, 1.165) is 6.42 Å². The monoisotopic (exact) mass is 454 g/mol. The maximum absolute atomic E-state index is 7.02. The number of hydrogen-bond donors (Lipinski definition) is 0. The van der Waals surface area contributed by atoms with Crippen LogP contribution in [0.1, 0.15) is 38.3 Å². The second-order valence-electron chi connectivity index (χ2n) is 10.6. The van der Waals surface area contributed by atoms with E-state index >= 15 is 0 Å². The highest BCUT2D eigenvalue weighted by Crippen LogP contribution is 2.63. The van der Waals surface area contributed by atoms with Gasteiger partial charge in [0.05, 0.1) is 0 Å². The summed E-state index contributed by atoms with van der Waals surface area (Å²) in [5.41, 5.74) is 4.43. The second kappa shape index (κ2) is 7.39. The van der Waals surface area contributed by atoms with Gasteiger partial charge in [-0.25, -0.2) is 0 Å². The molecule has 2 aliphatic rings. The maximum atomic E-state index is 7.02. The van der Waals surface area contributed by atoms with Gasteiger partial charge >= 0.3 is 25.7 Å². The lowest BCUT2D eigenvalue weighted by Crippen LogP contribution is -2.71. The zero-order chi connectivity index (χ0) is 21.8. The summed E-state index contributed by atoms with van der Waals surface area (Å²) >= 11 is 0. The van der Waals surface area contributed by atoms with Gasteiger partial charge in [0.2, 0.25) is 0 Å². The molecule has 1 unspecified atom stereocenters. The smallest absolute Gasteiger partial charge is 0.363 e. The lowest BCUT2D eigenvalue weighted by Gasteiger charge is -2.59. The van der Waals surface area contributed by atoms with E-state index in [1.807, 2.05) is 0 Å². The Morgan fingerprint density at radius 3 is 1.63 bits per heavy atom. The van der Waals surface area contributed by atoms with Crippen molar-refractivity contribution >= 4 is 36.5 Å². The zero-order valence-electron chi connectivity index (χ0n) is 19.3. The predicted octanol–water partition coefficient (Wildman–Crippen LogP) is 6.87. The Kier molecular flexibility index (Phi) is 5.40. The van der Waals surface area contributed by atoms with E-state index in [9.17, 15) is 0 Å². The molecule has 1 fully saturated rings. The molecule has 160 valence electrons. The first-order chi connectivity index (χ1) is 13.9. The van der Waals surface area contributed by atoms with Crippen LogP contribution in [0, 0.1) is 5.41 Å². The van der Waals surface area contributed by atoms with Crippen LogP contribution in [-0.2, 0) is 12.3 Å². The summed E-state index contributed by atoms with van der Waals surface area (Å²) in [5, 5.41) is 1.33. The molecule has 6 heteroatoms. The highest BCUT2D eigenvalue weighted by atomic mass is 28.5. The van der Waals surface area contributed by atoms with Crippen molar-refractivity contribution in [2.75, 3.05) is 0 Å². The van der Waals surface area contributed by atoms with Gasteiger partial charge in [0.1, 0.15) is 0 Å². The molecule has 0 saturated carbocycles. The van der Waals surface area contributed by atoms with E-state index in [-0.39, 0.29) is 5.41 Å². The van der Waals surface area contributed by atoms with Crippen molar-refractivity contribution < 1.29 is 12.3 Å². The number of benzene rings is 2. The van der Waals surface area contributed by atoms with E-state index in [1.54, 1.807) is 0 Å². The maximum Gasteiger partial charge on any atom is 0.363 e. The van der Waals surface area contributed by atoms with Crippen LogP contribution in [0.5, 0.6) is 0 Å². The van der Waals surface area contributed by atoms with Crippen molar-refractivity contribution in [2.24, 2.45) is 5.41 Å². The van der Waals surface area contributed by atoms with Gasteiger partial charge in [-0.3, -0.25) is 0 Å².